The largest absolute Gasteiger partial charge is 0.508 e. The van der Waals surface area contributed by atoms with Crippen molar-refractivity contribution in [2.24, 2.45) is 0 Å². The summed E-state index contributed by atoms with van der Waals surface area (Å²) < 4.78 is 13.7. The summed E-state index contributed by atoms with van der Waals surface area (Å²) in [5.41, 5.74) is 0.0224. The predicted octanol–water partition coefficient (Wildman–Crippen LogP) is 1.70. The van der Waals surface area contributed by atoms with Crippen LogP contribution < -0.4 is 0 Å². The number of phenols is 1. The standard InChI is InChI=1S/C14H19FN2O2/c1-10-9-16(2)6-3-7-17(10)14(19)12-5-4-11(18)8-13(12)15/h4-5,8,10,18H,3,6-7,9H2,1-2H3. The highest BCUT2D eigenvalue weighted by Gasteiger charge is 2.26. The molecule has 0 aliphatic carbocycles. The maximum atomic E-state index is 13.7. The number of hydrogen-bond donors (Lipinski definition) is 1. The number of aromatic hydroxyl groups is 1. The molecule has 5 heteroatoms. The number of hydrogen-bond acceptors (Lipinski definition) is 3. The van der Waals surface area contributed by atoms with Gasteiger partial charge in [0.15, 0.2) is 0 Å². The maximum Gasteiger partial charge on any atom is 0.257 e. The lowest BCUT2D eigenvalue weighted by Crippen LogP contribution is -2.42. The average molecular weight is 266 g/mol. The van der Waals surface area contributed by atoms with Gasteiger partial charge in [-0.05, 0) is 39.1 Å². The van der Waals surface area contributed by atoms with E-state index < -0.39 is 5.82 Å². The molecule has 1 fully saturated rings. The summed E-state index contributed by atoms with van der Waals surface area (Å²) in [5.74, 6) is -1.15. The van der Waals surface area contributed by atoms with Gasteiger partial charge < -0.3 is 14.9 Å². The Morgan fingerprint density at radius 2 is 2.16 bits per heavy atom. The smallest absolute Gasteiger partial charge is 0.257 e. The number of amides is 1. The summed E-state index contributed by atoms with van der Waals surface area (Å²) in [4.78, 5) is 16.3. The Morgan fingerprint density at radius 3 is 2.84 bits per heavy atom. The molecule has 0 aromatic heterocycles. The highest BCUT2D eigenvalue weighted by atomic mass is 19.1. The number of benzene rings is 1. The van der Waals surface area contributed by atoms with E-state index in [0.29, 0.717) is 6.54 Å². The second kappa shape index (κ2) is 5.57. The van der Waals surface area contributed by atoms with Gasteiger partial charge in [0.2, 0.25) is 0 Å². The number of phenolic OH excluding ortho intramolecular Hbond substituents is 1. The zero-order valence-corrected chi connectivity index (χ0v) is 11.3. The maximum absolute atomic E-state index is 13.7. The summed E-state index contributed by atoms with van der Waals surface area (Å²) >= 11 is 0. The van der Waals surface area contributed by atoms with E-state index in [1.807, 2.05) is 14.0 Å². The molecule has 19 heavy (non-hydrogen) atoms. The number of carbonyl (C=O) groups excluding carboxylic acids is 1. The first kappa shape index (κ1) is 13.8. The minimum atomic E-state index is -0.671. The van der Waals surface area contributed by atoms with Gasteiger partial charge >= 0.3 is 0 Å². The third-order valence-electron chi connectivity index (χ3n) is 3.49. The van der Waals surface area contributed by atoms with Crippen molar-refractivity contribution in [1.29, 1.82) is 0 Å². The zero-order chi connectivity index (χ0) is 14.0. The zero-order valence-electron chi connectivity index (χ0n) is 11.3. The van der Waals surface area contributed by atoms with Gasteiger partial charge in [0.25, 0.3) is 5.91 Å². The third-order valence-corrected chi connectivity index (χ3v) is 3.49. The molecule has 1 atom stereocenters. The molecular weight excluding hydrogens is 247 g/mol. The number of likely N-dealkylation sites (N-methyl/N-ethyl adjacent to an activating group) is 1. The lowest BCUT2D eigenvalue weighted by molar-refractivity contribution is 0.0691. The van der Waals surface area contributed by atoms with E-state index in [-0.39, 0.29) is 23.3 Å². The van der Waals surface area contributed by atoms with Gasteiger partial charge in [0.1, 0.15) is 11.6 Å². The first-order valence-corrected chi connectivity index (χ1v) is 6.47. The highest BCUT2D eigenvalue weighted by molar-refractivity contribution is 5.94. The van der Waals surface area contributed by atoms with Crippen molar-refractivity contribution in [2.75, 3.05) is 26.7 Å². The Labute approximate surface area is 112 Å². The number of halogens is 1. The molecular formula is C14H19FN2O2. The van der Waals surface area contributed by atoms with Crippen LogP contribution in [0.2, 0.25) is 0 Å². The Morgan fingerprint density at radius 1 is 1.42 bits per heavy atom. The molecule has 2 rings (SSSR count). The van der Waals surface area contributed by atoms with E-state index in [1.54, 1.807) is 4.90 Å². The summed E-state index contributed by atoms with van der Waals surface area (Å²) in [7, 11) is 2.02. The van der Waals surface area contributed by atoms with Gasteiger partial charge in [0, 0.05) is 25.2 Å². The quantitative estimate of drug-likeness (QED) is 0.841. The van der Waals surface area contributed by atoms with Crippen molar-refractivity contribution in [3.05, 3.63) is 29.6 Å². The molecule has 104 valence electrons. The van der Waals surface area contributed by atoms with Gasteiger partial charge in [-0.2, -0.15) is 0 Å². The fourth-order valence-electron chi connectivity index (χ4n) is 2.51. The van der Waals surface area contributed by atoms with Crippen LogP contribution in [0.3, 0.4) is 0 Å². The van der Waals surface area contributed by atoms with Crippen molar-refractivity contribution >= 4 is 5.91 Å². The molecule has 1 aromatic rings. The summed E-state index contributed by atoms with van der Waals surface area (Å²) in [6.07, 6.45) is 0.881. The average Bonchev–Trinajstić information content (AvgIpc) is 2.49. The molecule has 1 amide bonds. The minimum absolute atomic E-state index is 0.0224. The van der Waals surface area contributed by atoms with Gasteiger partial charge in [-0.25, -0.2) is 4.39 Å². The van der Waals surface area contributed by atoms with Crippen LogP contribution in [0.1, 0.15) is 23.7 Å². The normalized spacial score (nSPS) is 21.2. The summed E-state index contributed by atoms with van der Waals surface area (Å²) in [6, 6.07) is 3.70. The van der Waals surface area contributed by atoms with Gasteiger partial charge in [0.05, 0.1) is 5.56 Å². The molecule has 1 unspecified atom stereocenters. The predicted molar refractivity (Wildman–Crippen MR) is 70.7 cm³/mol. The van der Waals surface area contributed by atoms with Crippen molar-refractivity contribution in [1.82, 2.24) is 9.80 Å². The Hall–Kier alpha value is -1.62. The van der Waals surface area contributed by atoms with Crippen LogP contribution in [0, 0.1) is 5.82 Å². The van der Waals surface area contributed by atoms with Crippen molar-refractivity contribution in [3.8, 4) is 5.75 Å². The molecule has 1 N–H and O–H groups in total. The van der Waals surface area contributed by atoms with Crippen molar-refractivity contribution in [2.45, 2.75) is 19.4 Å². The Bertz CT molecular complexity index is 479. The van der Waals surface area contributed by atoms with Crippen LogP contribution in [-0.4, -0.2) is 53.5 Å². The monoisotopic (exact) mass is 266 g/mol. The topological polar surface area (TPSA) is 43.8 Å². The first-order chi connectivity index (χ1) is 8.99. The van der Waals surface area contributed by atoms with Crippen molar-refractivity contribution < 1.29 is 14.3 Å². The molecule has 0 bridgehead atoms. The van der Waals surface area contributed by atoms with Crippen LogP contribution in [-0.2, 0) is 0 Å². The van der Waals surface area contributed by atoms with E-state index in [1.165, 1.54) is 12.1 Å². The van der Waals surface area contributed by atoms with E-state index in [4.69, 9.17) is 0 Å². The van der Waals surface area contributed by atoms with Gasteiger partial charge in [-0.1, -0.05) is 0 Å². The highest BCUT2D eigenvalue weighted by Crippen LogP contribution is 2.19. The third kappa shape index (κ3) is 3.04. The molecule has 1 aliphatic heterocycles. The molecule has 1 saturated heterocycles. The van der Waals surface area contributed by atoms with E-state index >= 15 is 0 Å². The Kier molecular flexibility index (Phi) is 4.04. The van der Waals surface area contributed by atoms with E-state index in [2.05, 4.69) is 4.90 Å². The number of nitrogens with zero attached hydrogens (tertiary/aromatic N) is 2. The van der Waals surface area contributed by atoms with Gasteiger partial charge in [-0.15, -0.1) is 0 Å². The van der Waals surface area contributed by atoms with Crippen molar-refractivity contribution in [3.63, 3.8) is 0 Å². The second-order valence-electron chi connectivity index (χ2n) is 5.13. The molecule has 4 nitrogen and oxygen atoms in total. The molecule has 0 radical (unpaired) electrons. The first-order valence-electron chi connectivity index (χ1n) is 6.47. The SMILES string of the molecule is CC1CN(C)CCCN1C(=O)c1ccc(O)cc1F. The van der Waals surface area contributed by atoms with Crippen LogP contribution >= 0.6 is 0 Å². The fourth-order valence-corrected chi connectivity index (χ4v) is 2.51. The van der Waals surface area contributed by atoms with Crippen LogP contribution in [0.15, 0.2) is 18.2 Å². The van der Waals surface area contributed by atoms with Crippen LogP contribution in [0.4, 0.5) is 4.39 Å². The lowest BCUT2D eigenvalue weighted by atomic mass is 10.1. The molecule has 0 saturated carbocycles. The number of carbonyl (C=O) groups is 1. The van der Waals surface area contributed by atoms with Crippen LogP contribution in [0.5, 0.6) is 5.75 Å². The van der Waals surface area contributed by atoms with Crippen LogP contribution in [0.25, 0.3) is 0 Å². The van der Waals surface area contributed by atoms with Gasteiger partial charge in [-0.3, -0.25) is 4.79 Å². The summed E-state index contributed by atoms with van der Waals surface area (Å²) in [5, 5.41) is 9.19. The van der Waals surface area contributed by atoms with E-state index in [9.17, 15) is 14.3 Å². The molecule has 1 heterocycles. The molecule has 0 spiro atoms. The second-order valence-corrected chi connectivity index (χ2v) is 5.13. The lowest BCUT2D eigenvalue weighted by Gasteiger charge is -2.28. The number of rotatable bonds is 1. The summed E-state index contributed by atoms with van der Waals surface area (Å²) in [6.45, 7) is 4.32. The Balaban J connectivity index is 2.22. The molecule has 1 aromatic carbocycles. The molecule has 1 aliphatic rings. The van der Waals surface area contributed by atoms with E-state index in [0.717, 1.165) is 25.6 Å². The minimum Gasteiger partial charge on any atom is -0.508 e. The fraction of sp³-hybridized carbons (Fsp3) is 0.500.